The molecule has 0 bridgehead atoms. The Bertz CT molecular complexity index is 990. The number of nitrogens with zero attached hydrogens (tertiary/aromatic N) is 2. The fraction of sp³-hybridized carbons (Fsp3) is 0.227. The van der Waals surface area contributed by atoms with Gasteiger partial charge < -0.3 is 5.11 Å². The summed E-state index contributed by atoms with van der Waals surface area (Å²) in [7, 11) is 1.68. The number of amides is 1. The topological polar surface area (TPSA) is 70.5 Å². The predicted molar refractivity (Wildman–Crippen MR) is 116 cm³/mol. The van der Waals surface area contributed by atoms with Crippen molar-refractivity contribution in [3.8, 4) is 11.3 Å². The maximum Gasteiger partial charge on any atom is 0.303 e. The van der Waals surface area contributed by atoms with Gasteiger partial charge in [0, 0.05) is 35.4 Å². The van der Waals surface area contributed by atoms with Crippen molar-refractivity contribution in [1.29, 1.82) is 0 Å². The SMILES string of the molecule is CN(C(=O)[C@@H](CCC(=O)O)Cc1ccccc1)c1nc(-c2ccccc2Cl)cs1. The average molecular weight is 429 g/mol. The van der Waals surface area contributed by atoms with Crippen LogP contribution in [0.5, 0.6) is 0 Å². The highest BCUT2D eigenvalue weighted by Gasteiger charge is 2.26. The number of anilines is 1. The molecule has 1 amide bonds. The van der Waals surface area contributed by atoms with Gasteiger partial charge in [0.05, 0.1) is 5.69 Å². The maximum atomic E-state index is 13.1. The van der Waals surface area contributed by atoms with E-state index < -0.39 is 11.9 Å². The highest BCUT2D eigenvalue weighted by molar-refractivity contribution is 7.14. The molecule has 0 radical (unpaired) electrons. The number of carboxylic acids is 1. The van der Waals surface area contributed by atoms with Crippen molar-refractivity contribution in [2.75, 3.05) is 11.9 Å². The van der Waals surface area contributed by atoms with Gasteiger partial charge in [0.25, 0.3) is 0 Å². The lowest BCUT2D eigenvalue weighted by molar-refractivity contribution is -0.137. The zero-order valence-corrected chi connectivity index (χ0v) is 17.5. The number of carbonyl (C=O) groups is 2. The molecule has 0 aliphatic heterocycles. The van der Waals surface area contributed by atoms with Gasteiger partial charge in [-0.2, -0.15) is 0 Å². The van der Waals surface area contributed by atoms with Gasteiger partial charge in [-0.15, -0.1) is 11.3 Å². The number of rotatable bonds is 8. The minimum atomic E-state index is -0.909. The first-order valence-corrected chi connectivity index (χ1v) is 10.4. The van der Waals surface area contributed by atoms with Crippen LogP contribution in [0.2, 0.25) is 5.02 Å². The van der Waals surface area contributed by atoms with Crippen LogP contribution in [0, 0.1) is 5.92 Å². The van der Waals surface area contributed by atoms with E-state index in [2.05, 4.69) is 4.98 Å². The molecule has 0 saturated heterocycles. The Labute approximate surface area is 178 Å². The Hall–Kier alpha value is -2.70. The number of hydrogen-bond acceptors (Lipinski definition) is 4. The van der Waals surface area contributed by atoms with Crippen molar-refractivity contribution < 1.29 is 14.7 Å². The molecule has 0 aliphatic rings. The first-order chi connectivity index (χ1) is 14.0. The van der Waals surface area contributed by atoms with E-state index in [1.807, 2.05) is 53.9 Å². The van der Waals surface area contributed by atoms with Crippen LogP contribution in [-0.4, -0.2) is 29.0 Å². The Balaban J connectivity index is 1.79. The Morgan fingerprint density at radius 3 is 2.52 bits per heavy atom. The first-order valence-electron chi connectivity index (χ1n) is 9.19. The summed E-state index contributed by atoms with van der Waals surface area (Å²) in [5.74, 6) is -1.49. The molecule has 1 atom stereocenters. The zero-order valence-electron chi connectivity index (χ0n) is 15.9. The molecule has 1 heterocycles. The third kappa shape index (κ3) is 5.43. The van der Waals surface area contributed by atoms with Crippen LogP contribution in [0.1, 0.15) is 18.4 Å². The Kier molecular flexibility index (Phi) is 7.01. The summed E-state index contributed by atoms with van der Waals surface area (Å²) >= 11 is 7.61. The normalized spacial score (nSPS) is 11.8. The molecule has 150 valence electrons. The molecule has 1 aromatic heterocycles. The van der Waals surface area contributed by atoms with Crippen molar-refractivity contribution in [3.63, 3.8) is 0 Å². The number of thiazole rings is 1. The summed E-state index contributed by atoms with van der Waals surface area (Å²) in [6, 6.07) is 17.0. The molecule has 3 aromatic rings. The standard InChI is InChI=1S/C22H21ClN2O3S/c1-25(22-24-19(14-29-22)17-9-5-6-10-18(17)23)21(28)16(11-12-20(26)27)13-15-7-3-2-4-8-15/h2-10,14,16H,11-13H2,1H3,(H,26,27)/t16-/m0/s1. The van der Waals surface area contributed by atoms with Crippen LogP contribution in [0.4, 0.5) is 5.13 Å². The molecular weight excluding hydrogens is 408 g/mol. The number of benzene rings is 2. The van der Waals surface area contributed by atoms with Gasteiger partial charge in [-0.25, -0.2) is 4.98 Å². The molecule has 0 spiro atoms. The molecule has 5 nitrogen and oxygen atoms in total. The third-order valence-corrected chi connectivity index (χ3v) is 5.89. The molecule has 0 fully saturated rings. The summed E-state index contributed by atoms with van der Waals surface area (Å²) in [5, 5.41) is 12.1. The summed E-state index contributed by atoms with van der Waals surface area (Å²) < 4.78 is 0. The predicted octanol–water partition coefficient (Wildman–Crippen LogP) is 5.15. The fourth-order valence-electron chi connectivity index (χ4n) is 3.09. The maximum absolute atomic E-state index is 13.1. The van der Waals surface area contributed by atoms with Gasteiger partial charge in [0.15, 0.2) is 5.13 Å². The van der Waals surface area contributed by atoms with Crippen molar-refractivity contribution in [1.82, 2.24) is 4.98 Å². The second kappa shape index (κ2) is 9.67. The molecule has 3 rings (SSSR count). The highest BCUT2D eigenvalue weighted by atomic mass is 35.5. The molecule has 0 saturated carbocycles. The Morgan fingerprint density at radius 2 is 1.83 bits per heavy atom. The molecule has 29 heavy (non-hydrogen) atoms. The van der Waals surface area contributed by atoms with Crippen molar-refractivity contribution in [2.45, 2.75) is 19.3 Å². The van der Waals surface area contributed by atoms with Gasteiger partial charge in [0.1, 0.15) is 0 Å². The lowest BCUT2D eigenvalue weighted by atomic mass is 9.93. The average Bonchev–Trinajstić information content (AvgIpc) is 3.21. The van der Waals surface area contributed by atoms with E-state index in [1.165, 1.54) is 16.2 Å². The molecular formula is C22H21ClN2O3S. The summed E-state index contributed by atoms with van der Waals surface area (Å²) in [6.07, 6.45) is 0.704. The van der Waals surface area contributed by atoms with E-state index >= 15 is 0 Å². The number of hydrogen-bond donors (Lipinski definition) is 1. The van der Waals surface area contributed by atoms with Crippen LogP contribution in [0.15, 0.2) is 60.0 Å². The molecule has 1 N–H and O–H groups in total. The van der Waals surface area contributed by atoms with Crippen molar-refractivity contribution in [2.24, 2.45) is 5.92 Å². The first kappa shape index (κ1) is 21.0. The number of halogens is 1. The van der Waals surface area contributed by atoms with Gasteiger partial charge in [0.2, 0.25) is 5.91 Å². The smallest absolute Gasteiger partial charge is 0.303 e. The van der Waals surface area contributed by atoms with Gasteiger partial charge in [-0.05, 0) is 24.5 Å². The lowest BCUT2D eigenvalue weighted by Crippen LogP contribution is -2.34. The zero-order chi connectivity index (χ0) is 20.8. The van der Waals surface area contributed by atoms with Crippen LogP contribution in [0.3, 0.4) is 0 Å². The monoisotopic (exact) mass is 428 g/mol. The minimum absolute atomic E-state index is 0.0557. The third-order valence-electron chi connectivity index (χ3n) is 4.64. The van der Waals surface area contributed by atoms with E-state index in [-0.39, 0.29) is 18.7 Å². The molecule has 7 heteroatoms. The van der Waals surface area contributed by atoms with E-state index in [1.54, 1.807) is 13.1 Å². The largest absolute Gasteiger partial charge is 0.481 e. The number of carboxylic acid groups (broad SMARTS) is 1. The van der Waals surface area contributed by atoms with E-state index in [0.717, 1.165) is 11.1 Å². The van der Waals surface area contributed by atoms with Crippen LogP contribution in [-0.2, 0) is 16.0 Å². The van der Waals surface area contributed by atoms with Crippen LogP contribution >= 0.6 is 22.9 Å². The van der Waals surface area contributed by atoms with E-state index in [0.29, 0.717) is 22.3 Å². The molecule has 0 unspecified atom stereocenters. The minimum Gasteiger partial charge on any atom is -0.481 e. The molecule has 2 aromatic carbocycles. The van der Waals surface area contributed by atoms with Gasteiger partial charge in [-0.3, -0.25) is 14.5 Å². The van der Waals surface area contributed by atoms with Gasteiger partial charge >= 0.3 is 5.97 Å². The van der Waals surface area contributed by atoms with Crippen molar-refractivity contribution in [3.05, 3.63) is 70.6 Å². The highest BCUT2D eigenvalue weighted by Crippen LogP contribution is 2.32. The Morgan fingerprint density at radius 1 is 1.14 bits per heavy atom. The van der Waals surface area contributed by atoms with E-state index in [4.69, 9.17) is 16.7 Å². The second-order valence-corrected chi connectivity index (χ2v) is 7.96. The number of carbonyl (C=O) groups excluding carboxylic acids is 1. The summed E-state index contributed by atoms with van der Waals surface area (Å²) in [5.41, 5.74) is 2.52. The summed E-state index contributed by atoms with van der Waals surface area (Å²) in [6.45, 7) is 0. The quantitative estimate of drug-likeness (QED) is 0.538. The second-order valence-electron chi connectivity index (χ2n) is 6.71. The number of aromatic nitrogens is 1. The van der Waals surface area contributed by atoms with Crippen LogP contribution < -0.4 is 4.90 Å². The molecule has 0 aliphatic carbocycles. The van der Waals surface area contributed by atoms with Crippen LogP contribution in [0.25, 0.3) is 11.3 Å². The summed E-state index contributed by atoms with van der Waals surface area (Å²) in [4.78, 5) is 30.3. The van der Waals surface area contributed by atoms with Gasteiger partial charge in [-0.1, -0.05) is 60.1 Å². The fourth-order valence-corrected chi connectivity index (χ4v) is 4.12. The lowest BCUT2D eigenvalue weighted by Gasteiger charge is -2.21. The van der Waals surface area contributed by atoms with E-state index in [9.17, 15) is 9.59 Å². The van der Waals surface area contributed by atoms with Crippen molar-refractivity contribution >= 4 is 39.9 Å². The number of aliphatic carboxylic acids is 1.